The Kier molecular flexibility index (Phi) is 4.55. The van der Waals surface area contributed by atoms with Crippen LogP contribution in [0.4, 0.5) is 0 Å². The van der Waals surface area contributed by atoms with E-state index in [1.54, 1.807) is 0 Å². The Labute approximate surface area is 122 Å². The van der Waals surface area contributed by atoms with Crippen molar-refractivity contribution in [3.05, 3.63) is 18.0 Å². The summed E-state index contributed by atoms with van der Waals surface area (Å²) in [7, 11) is 0. The van der Waals surface area contributed by atoms with Crippen molar-refractivity contribution in [2.75, 3.05) is 6.54 Å². The Hall–Kier alpha value is -0.870. The predicted molar refractivity (Wildman–Crippen MR) is 81.8 cm³/mol. The van der Waals surface area contributed by atoms with Gasteiger partial charge in [0.05, 0.1) is 17.3 Å². The molecule has 1 saturated carbocycles. The third-order valence-corrected chi connectivity index (χ3v) is 3.92. The molecule has 0 saturated heterocycles. The Bertz CT molecular complexity index is 425. The van der Waals surface area contributed by atoms with Gasteiger partial charge in [0.25, 0.3) is 0 Å². The van der Waals surface area contributed by atoms with Crippen LogP contribution in [0, 0.1) is 0 Å². The summed E-state index contributed by atoms with van der Waals surface area (Å²) in [5.74, 6) is 0. The van der Waals surface area contributed by atoms with Crippen LogP contribution in [-0.2, 0) is 6.42 Å². The van der Waals surface area contributed by atoms with Gasteiger partial charge in [0.15, 0.2) is 0 Å². The van der Waals surface area contributed by atoms with Crippen LogP contribution >= 0.6 is 0 Å². The van der Waals surface area contributed by atoms with Crippen LogP contribution < -0.4 is 5.32 Å². The molecule has 0 radical (unpaired) electrons. The Morgan fingerprint density at radius 3 is 2.55 bits per heavy atom. The average molecular weight is 279 g/mol. The SMILES string of the molecule is CC(O)(CNC(C)(C)C)Cc1ccn(C2CCCC2)n1. The van der Waals surface area contributed by atoms with Crippen LogP contribution in [0.5, 0.6) is 0 Å². The lowest BCUT2D eigenvalue weighted by Crippen LogP contribution is -2.47. The molecule has 114 valence electrons. The molecule has 2 rings (SSSR count). The largest absolute Gasteiger partial charge is 0.388 e. The van der Waals surface area contributed by atoms with Crippen LogP contribution in [0.2, 0.25) is 0 Å². The maximum atomic E-state index is 10.5. The second-order valence-electron chi connectivity index (χ2n) is 7.50. The fourth-order valence-electron chi connectivity index (χ4n) is 2.75. The number of aliphatic hydroxyl groups is 1. The topological polar surface area (TPSA) is 50.1 Å². The molecule has 0 amide bonds. The molecule has 0 spiro atoms. The normalized spacial score (nSPS) is 20.2. The van der Waals surface area contributed by atoms with E-state index in [0.717, 1.165) is 5.69 Å². The van der Waals surface area contributed by atoms with E-state index in [-0.39, 0.29) is 5.54 Å². The van der Waals surface area contributed by atoms with Gasteiger partial charge in [-0.25, -0.2) is 0 Å². The molecule has 1 atom stereocenters. The standard InChI is InChI=1S/C16H29N3O/c1-15(2,3)17-12-16(4,20)11-13-9-10-19(18-13)14-7-5-6-8-14/h9-10,14,17,20H,5-8,11-12H2,1-4H3. The Morgan fingerprint density at radius 2 is 1.95 bits per heavy atom. The number of rotatable bonds is 5. The lowest BCUT2D eigenvalue weighted by molar-refractivity contribution is 0.0523. The summed E-state index contributed by atoms with van der Waals surface area (Å²) in [5.41, 5.74) is 0.243. The van der Waals surface area contributed by atoms with Crippen molar-refractivity contribution in [3.63, 3.8) is 0 Å². The molecule has 0 bridgehead atoms. The predicted octanol–water partition coefficient (Wildman–Crippen LogP) is 2.68. The van der Waals surface area contributed by atoms with E-state index < -0.39 is 5.60 Å². The zero-order chi connectivity index (χ0) is 14.8. The highest BCUT2D eigenvalue weighted by molar-refractivity contribution is 5.05. The van der Waals surface area contributed by atoms with Gasteiger partial charge in [-0.15, -0.1) is 0 Å². The second kappa shape index (κ2) is 5.86. The van der Waals surface area contributed by atoms with Crippen molar-refractivity contribution in [2.24, 2.45) is 0 Å². The number of hydrogen-bond acceptors (Lipinski definition) is 3. The van der Waals surface area contributed by atoms with Gasteiger partial charge in [-0.2, -0.15) is 5.10 Å². The minimum Gasteiger partial charge on any atom is -0.388 e. The zero-order valence-corrected chi connectivity index (χ0v) is 13.3. The first-order valence-electron chi connectivity index (χ1n) is 7.77. The molecule has 1 unspecified atom stereocenters. The number of nitrogens with one attached hydrogen (secondary N) is 1. The van der Waals surface area contributed by atoms with E-state index in [1.807, 2.05) is 13.0 Å². The van der Waals surface area contributed by atoms with Gasteiger partial charge in [0, 0.05) is 24.7 Å². The minimum atomic E-state index is -0.762. The van der Waals surface area contributed by atoms with Crippen molar-refractivity contribution < 1.29 is 5.11 Å². The number of nitrogens with zero attached hydrogens (tertiary/aromatic N) is 2. The summed E-state index contributed by atoms with van der Waals surface area (Å²) in [6.45, 7) is 8.78. The molecule has 1 fully saturated rings. The van der Waals surface area contributed by atoms with Gasteiger partial charge >= 0.3 is 0 Å². The van der Waals surface area contributed by atoms with Crippen LogP contribution in [0.3, 0.4) is 0 Å². The highest BCUT2D eigenvalue weighted by atomic mass is 16.3. The smallest absolute Gasteiger partial charge is 0.0799 e. The maximum absolute atomic E-state index is 10.5. The summed E-state index contributed by atoms with van der Waals surface area (Å²) in [5, 5.41) is 18.5. The van der Waals surface area contributed by atoms with E-state index in [0.29, 0.717) is 19.0 Å². The molecule has 1 aromatic heterocycles. The van der Waals surface area contributed by atoms with Gasteiger partial charge in [-0.3, -0.25) is 4.68 Å². The number of β-amino-alcohol motifs (C(OH)–C–C–N with tert-alkyl or cyclic N) is 1. The highest BCUT2D eigenvalue weighted by Gasteiger charge is 2.25. The van der Waals surface area contributed by atoms with Gasteiger partial charge in [-0.05, 0) is 46.6 Å². The highest BCUT2D eigenvalue weighted by Crippen LogP contribution is 2.29. The molecule has 1 aliphatic carbocycles. The molecular formula is C16H29N3O. The van der Waals surface area contributed by atoms with Crippen molar-refractivity contribution in [1.82, 2.24) is 15.1 Å². The molecule has 2 N–H and O–H groups in total. The van der Waals surface area contributed by atoms with E-state index in [2.05, 4.69) is 42.1 Å². The first kappa shape index (κ1) is 15.5. The lowest BCUT2D eigenvalue weighted by atomic mass is 9.98. The van der Waals surface area contributed by atoms with Gasteiger partial charge < -0.3 is 10.4 Å². The summed E-state index contributed by atoms with van der Waals surface area (Å²) in [6.07, 6.45) is 7.76. The van der Waals surface area contributed by atoms with Gasteiger partial charge in [0.2, 0.25) is 0 Å². The number of hydrogen-bond donors (Lipinski definition) is 2. The minimum absolute atomic E-state index is 0.0210. The molecule has 20 heavy (non-hydrogen) atoms. The average Bonchev–Trinajstić information content (AvgIpc) is 2.95. The van der Waals surface area contributed by atoms with Gasteiger partial charge in [-0.1, -0.05) is 12.8 Å². The van der Waals surface area contributed by atoms with Crippen molar-refractivity contribution in [2.45, 2.75) is 77.0 Å². The fourth-order valence-corrected chi connectivity index (χ4v) is 2.75. The third-order valence-electron chi connectivity index (χ3n) is 3.92. The van der Waals surface area contributed by atoms with Gasteiger partial charge in [0.1, 0.15) is 0 Å². The van der Waals surface area contributed by atoms with E-state index in [4.69, 9.17) is 0 Å². The number of aromatic nitrogens is 2. The molecule has 1 aliphatic rings. The first-order valence-corrected chi connectivity index (χ1v) is 7.77. The van der Waals surface area contributed by atoms with Crippen LogP contribution in [0.1, 0.15) is 65.1 Å². The van der Waals surface area contributed by atoms with Crippen molar-refractivity contribution >= 4 is 0 Å². The van der Waals surface area contributed by atoms with E-state index >= 15 is 0 Å². The molecule has 1 aromatic rings. The van der Waals surface area contributed by atoms with E-state index in [1.165, 1.54) is 25.7 Å². The Balaban J connectivity index is 1.91. The summed E-state index contributed by atoms with van der Waals surface area (Å²) in [4.78, 5) is 0. The quantitative estimate of drug-likeness (QED) is 0.871. The fraction of sp³-hybridized carbons (Fsp3) is 0.812. The van der Waals surface area contributed by atoms with Crippen molar-refractivity contribution in [3.8, 4) is 0 Å². The monoisotopic (exact) mass is 279 g/mol. The molecule has 0 aromatic carbocycles. The summed E-state index contributed by atoms with van der Waals surface area (Å²) < 4.78 is 2.09. The molecule has 4 nitrogen and oxygen atoms in total. The summed E-state index contributed by atoms with van der Waals surface area (Å²) >= 11 is 0. The van der Waals surface area contributed by atoms with Crippen LogP contribution in [0.15, 0.2) is 12.3 Å². The van der Waals surface area contributed by atoms with Crippen molar-refractivity contribution in [1.29, 1.82) is 0 Å². The molecular weight excluding hydrogens is 250 g/mol. The van der Waals surface area contributed by atoms with Crippen LogP contribution in [-0.4, -0.2) is 32.6 Å². The second-order valence-corrected chi connectivity index (χ2v) is 7.50. The zero-order valence-electron chi connectivity index (χ0n) is 13.3. The molecule has 4 heteroatoms. The maximum Gasteiger partial charge on any atom is 0.0799 e. The molecule has 1 heterocycles. The first-order chi connectivity index (χ1) is 9.25. The third kappa shape index (κ3) is 4.60. The summed E-state index contributed by atoms with van der Waals surface area (Å²) in [6, 6.07) is 2.62. The lowest BCUT2D eigenvalue weighted by Gasteiger charge is -2.29. The van der Waals surface area contributed by atoms with Crippen LogP contribution in [0.25, 0.3) is 0 Å². The molecule has 0 aliphatic heterocycles. The van der Waals surface area contributed by atoms with E-state index in [9.17, 15) is 5.11 Å². The Morgan fingerprint density at radius 1 is 1.30 bits per heavy atom.